The van der Waals surface area contributed by atoms with Crippen molar-refractivity contribution in [1.29, 1.82) is 0 Å². The number of nitrogen functional groups attached to an aromatic ring is 1. The second kappa shape index (κ2) is 4.82. The van der Waals surface area contributed by atoms with Gasteiger partial charge >= 0.3 is 0 Å². The van der Waals surface area contributed by atoms with E-state index in [4.69, 9.17) is 10.5 Å². The van der Waals surface area contributed by atoms with Gasteiger partial charge in [0.05, 0.1) is 12.3 Å². The molecule has 0 aliphatic rings. The Bertz CT molecular complexity index is 508. The maximum Gasteiger partial charge on any atom is 0.182 e. The van der Waals surface area contributed by atoms with Gasteiger partial charge in [-0.3, -0.25) is 0 Å². The third-order valence-corrected chi connectivity index (χ3v) is 2.40. The van der Waals surface area contributed by atoms with Crippen LogP contribution >= 0.6 is 0 Å². The first-order valence-electron chi connectivity index (χ1n) is 5.55. The lowest BCUT2D eigenvalue weighted by Crippen LogP contribution is -2.01. The topological polar surface area (TPSA) is 78.9 Å². The molecule has 0 saturated heterocycles. The first kappa shape index (κ1) is 11.4. The summed E-state index contributed by atoms with van der Waals surface area (Å²) in [4.78, 5) is 0. The van der Waals surface area contributed by atoms with E-state index in [2.05, 4.69) is 15.5 Å². The average molecular weight is 233 g/mol. The Hall–Kier alpha value is -2.11. The Kier molecular flexibility index (Phi) is 3.22. The smallest absolute Gasteiger partial charge is 0.182 e. The normalized spacial score (nSPS) is 10.5. The van der Waals surface area contributed by atoms with Crippen LogP contribution in [-0.2, 0) is 6.54 Å². The lowest BCUT2D eigenvalue weighted by Gasteiger charge is -2.08. The number of nitrogens with two attached hydrogens (primary N) is 1. The van der Waals surface area contributed by atoms with Gasteiger partial charge in [-0.25, -0.2) is 4.68 Å². The van der Waals surface area contributed by atoms with Crippen LogP contribution in [0.15, 0.2) is 18.2 Å². The lowest BCUT2D eigenvalue weighted by atomic mass is 10.2. The fraction of sp³-hybridized carbons (Fsp3) is 0.364. The minimum Gasteiger partial charge on any atom is -0.492 e. The average Bonchev–Trinajstić information content (AvgIpc) is 2.80. The molecule has 2 aromatic rings. The van der Waals surface area contributed by atoms with Crippen molar-refractivity contribution in [2.45, 2.75) is 20.4 Å². The van der Waals surface area contributed by atoms with E-state index in [1.165, 1.54) is 0 Å². The van der Waals surface area contributed by atoms with Crippen molar-refractivity contribution in [3.63, 3.8) is 0 Å². The number of ether oxygens (including phenoxy) is 1. The summed E-state index contributed by atoms with van der Waals surface area (Å²) < 4.78 is 7.10. The van der Waals surface area contributed by atoms with Crippen molar-refractivity contribution in [2.75, 3.05) is 12.3 Å². The van der Waals surface area contributed by atoms with Gasteiger partial charge in [0.15, 0.2) is 5.82 Å². The highest BCUT2D eigenvalue weighted by Gasteiger charge is 2.09. The van der Waals surface area contributed by atoms with Crippen molar-refractivity contribution in [3.8, 4) is 17.1 Å². The number of aryl methyl sites for hydroxylation is 1. The van der Waals surface area contributed by atoms with Gasteiger partial charge in [-0.15, -0.1) is 5.10 Å². The zero-order valence-electron chi connectivity index (χ0n) is 9.92. The second-order valence-electron chi connectivity index (χ2n) is 3.50. The van der Waals surface area contributed by atoms with E-state index < -0.39 is 0 Å². The number of hydrogen-bond acceptors (Lipinski definition) is 5. The Morgan fingerprint density at radius 2 is 2.18 bits per heavy atom. The van der Waals surface area contributed by atoms with E-state index in [-0.39, 0.29) is 0 Å². The fourth-order valence-electron chi connectivity index (χ4n) is 1.60. The molecule has 6 nitrogen and oxygen atoms in total. The molecule has 0 radical (unpaired) electrons. The molecule has 0 atom stereocenters. The van der Waals surface area contributed by atoms with E-state index in [0.717, 1.165) is 12.1 Å². The van der Waals surface area contributed by atoms with Crippen molar-refractivity contribution >= 4 is 5.69 Å². The van der Waals surface area contributed by atoms with Crippen molar-refractivity contribution in [2.24, 2.45) is 0 Å². The molecule has 0 aliphatic carbocycles. The molecule has 6 heteroatoms. The molecule has 0 saturated carbocycles. The van der Waals surface area contributed by atoms with Crippen molar-refractivity contribution in [3.05, 3.63) is 18.2 Å². The maximum absolute atomic E-state index is 5.90. The van der Waals surface area contributed by atoms with Gasteiger partial charge in [0.1, 0.15) is 5.75 Å². The Morgan fingerprint density at radius 3 is 2.82 bits per heavy atom. The molecule has 90 valence electrons. The van der Waals surface area contributed by atoms with Crippen LogP contribution in [0.25, 0.3) is 11.4 Å². The summed E-state index contributed by atoms with van der Waals surface area (Å²) in [6.45, 7) is 5.22. The highest BCUT2D eigenvalue weighted by molar-refractivity contribution is 5.66. The maximum atomic E-state index is 5.90. The highest BCUT2D eigenvalue weighted by Crippen LogP contribution is 2.27. The first-order valence-corrected chi connectivity index (χ1v) is 5.55. The molecular formula is C11H15N5O. The molecule has 0 fully saturated rings. The molecule has 1 heterocycles. The number of aromatic nitrogens is 4. The highest BCUT2D eigenvalue weighted by atomic mass is 16.5. The molecule has 0 bridgehead atoms. The number of tetrazole rings is 1. The van der Waals surface area contributed by atoms with Crippen LogP contribution in [0.4, 0.5) is 5.69 Å². The second-order valence-corrected chi connectivity index (χ2v) is 3.50. The van der Waals surface area contributed by atoms with Gasteiger partial charge in [-0.1, -0.05) is 0 Å². The third-order valence-electron chi connectivity index (χ3n) is 2.40. The predicted octanol–water partition coefficient (Wildman–Crippen LogP) is 1.34. The summed E-state index contributed by atoms with van der Waals surface area (Å²) >= 11 is 0. The van der Waals surface area contributed by atoms with Crippen LogP contribution in [0.1, 0.15) is 13.8 Å². The summed E-state index contributed by atoms with van der Waals surface area (Å²) in [6, 6.07) is 5.56. The Balaban J connectivity index is 2.37. The van der Waals surface area contributed by atoms with Crippen LogP contribution in [0, 0.1) is 0 Å². The SMILES string of the molecule is CCOc1ccc(-c2nnnn2CC)cc1N. The minimum absolute atomic E-state index is 0.593. The predicted molar refractivity (Wildman–Crippen MR) is 64.5 cm³/mol. The molecule has 0 amide bonds. The summed E-state index contributed by atoms with van der Waals surface area (Å²) in [7, 11) is 0. The molecule has 17 heavy (non-hydrogen) atoms. The summed E-state index contributed by atoms with van der Waals surface area (Å²) in [5.41, 5.74) is 7.38. The lowest BCUT2D eigenvalue weighted by molar-refractivity contribution is 0.342. The number of hydrogen-bond donors (Lipinski definition) is 1. The monoisotopic (exact) mass is 233 g/mol. The van der Waals surface area contributed by atoms with Crippen LogP contribution < -0.4 is 10.5 Å². The third kappa shape index (κ3) is 2.20. The summed E-state index contributed by atoms with van der Waals surface area (Å²) in [5, 5.41) is 11.5. The fourth-order valence-corrected chi connectivity index (χ4v) is 1.60. The van der Waals surface area contributed by atoms with Gasteiger partial charge < -0.3 is 10.5 Å². The molecular weight excluding hydrogens is 218 g/mol. The van der Waals surface area contributed by atoms with Crippen molar-refractivity contribution in [1.82, 2.24) is 20.2 Å². The standard InChI is InChI=1S/C11H15N5O/c1-3-16-11(13-14-15-16)8-5-6-10(17-4-2)9(12)7-8/h5-7H,3-4,12H2,1-2H3. The van der Waals surface area contributed by atoms with E-state index in [1.807, 2.05) is 32.0 Å². The molecule has 0 spiro atoms. The zero-order valence-corrected chi connectivity index (χ0v) is 9.92. The van der Waals surface area contributed by atoms with E-state index >= 15 is 0 Å². The molecule has 1 aromatic carbocycles. The van der Waals surface area contributed by atoms with E-state index in [0.29, 0.717) is 23.9 Å². The summed E-state index contributed by atoms with van der Waals surface area (Å²) in [6.07, 6.45) is 0. The molecule has 0 aliphatic heterocycles. The minimum atomic E-state index is 0.593. The zero-order chi connectivity index (χ0) is 12.3. The van der Waals surface area contributed by atoms with Gasteiger partial charge in [0.2, 0.25) is 0 Å². The van der Waals surface area contributed by atoms with Gasteiger partial charge in [-0.2, -0.15) is 0 Å². The molecule has 0 unspecified atom stereocenters. The van der Waals surface area contributed by atoms with Crippen LogP contribution in [0.5, 0.6) is 5.75 Å². The molecule has 1 aromatic heterocycles. The Morgan fingerprint density at radius 1 is 1.35 bits per heavy atom. The Labute approximate surface area is 99.4 Å². The first-order chi connectivity index (χ1) is 8.26. The molecule has 2 N–H and O–H groups in total. The van der Waals surface area contributed by atoms with Gasteiger partial charge in [-0.05, 0) is 42.5 Å². The van der Waals surface area contributed by atoms with Crippen LogP contribution in [0.2, 0.25) is 0 Å². The summed E-state index contributed by atoms with van der Waals surface area (Å²) in [5.74, 6) is 1.40. The van der Waals surface area contributed by atoms with Gasteiger partial charge in [0.25, 0.3) is 0 Å². The van der Waals surface area contributed by atoms with Gasteiger partial charge in [0, 0.05) is 12.1 Å². The molecule has 2 rings (SSSR count). The number of benzene rings is 1. The number of rotatable bonds is 4. The van der Waals surface area contributed by atoms with E-state index in [1.54, 1.807) is 4.68 Å². The largest absolute Gasteiger partial charge is 0.492 e. The quantitative estimate of drug-likeness (QED) is 0.806. The number of anilines is 1. The number of nitrogens with zero attached hydrogens (tertiary/aromatic N) is 4. The van der Waals surface area contributed by atoms with Crippen LogP contribution in [-0.4, -0.2) is 26.8 Å². The van der Waals surface area contributed by atoms with Crippen molar-refractivity contribution < 1.29 is 4.74 Å². The van der Waals surface area contributed by atoms with E-state index in [9.17, 15) is 0 Å². The van der Waals surface area contributed by atoms with Crippen LogP contribution in [0.3, 0.4) is 0 Å².